The average molecular weight is 419 g/mol. The maximum absolute atomic E-state index is 12.3. The molecule has 31 heavy (non-hydrogen) atoms. The molecule has 4 rings (SSSR count). The van der Waals surface area contributed by atoms with E-state index in [1.54, 1.807) is 14.2 Å². The zero-order valence-corrected chi connectivity index (χ0v) is 17.6. The summed E-state index contributed by atoms with van der Waals surface area (Å²) in [4.78, 5) is 19.9. The molecule has 2 aromatic heterocycles. The van der Waals surface area contributed by atoms with Crippen molar-refractivity contribution >= 4 is 22.8 Å². The van der Waals surface area contributed by atoms with Crippen LogP contribution in [0.3, 0.4) is 0 Å². The summed E-state index contributed by atoms with van der Waals surface area (Å²) in [6.45, 7) is 0. The number of rotatable bonds is 9. The van der Waals surface area contributed by atoms with Crippen LogP contribution in [0.4, 0.5) is 5.95 Å². The van der Waals surface area contributed by atoms with Crippen molar-refractivity contribution in [1.82, 2.24) is 20.2 Å². The number of aromatic amines is 2. The van der Waals surface area contributed by atoms with E-state index in [4.69, 9.17) is 9.47 Å². The number of para-hydroxylation sites is 1. The van der Waals surface area contributed by atoms with Crippen LogP contribution < -0.4 is 14.8 Å². The molecule has 8 nitrogen and oxygen atoms in total. The molecular weight excluding hydrogens is 394 g/mol. The number of amides is 1. The van der Waals surface area contributed by atoms with Gasteiger partial charge in [-0.3, -0.25) is 15.2 Å². The highest BCUT2D eigenvalue weighted by molar-refractivity contribution is 5.90. The molecule has 0 fully saturated rings. The van der Waals surface area contributed by atoms with E-state index in [0.29, 0.717) is 42.5 Å². The van der Waals surface area contributed by atoms with Gasteiger partial charge in [0.2, 0.25) is 11.9 Å². The van der Waals surface area contributed by atoms with E-state index >= 15 is 0 Å². The number of methoxy groups -OCH3 is 2. The minimum absolute atomic E-state index is 0.115. The lowest BCUT2D eigenvalue weighted by molar-refractivity contribution is -0.116. The van der Waals surface area contributed by atoms with E-state index in [1.807, 2.05) is 42.6 Å². The zero-order valence-electron chi connectivity index (χ0n) is 17.6. The van der Waals surface area contributed by atoms with Crippen LogP contribution in [0.25, 0.3) is 10.9 Å². The van der Waals surface area contributed by atoms with Crippen molar-refractivity contribution in [2.24, 2.45) is 0 Å². The molecule has 0 aliphatic carbocycles. The van der Waals surface area contributed by atoms with Gasteiger partial charge in [0.25, 0.3) is 0 Å². The van der Waals surface area contributed by atoms with E-state index < -0.39 is 0 Å². The van der Waals surface area contributed by atoms with Crippen molar-refractivity contribution < 1.29 is 14.3 Å². The number of benzene rings is 2. The fourth-order valence-electron chi connectivity index (χ4n) is 3.54. The molecule has 3 N–H and O–H groups in total. The summed E-state index contributed by atoms with van der Waals surface area (Å²) in [6.07, 6.45) is 4.37. The normalized spacial score (nSPS) is 10.9. The predicted molar refractivity (Wildman–Crippen MR) is 119 cm³/mol. The van der Waals surface area contributed by atoms with Gasteiger partial charge in [0.1, 0.15) is 5.82 Å². The standard InChI is InChI=1S/C23H25N5O3/c1-30-19-10-7-15(13-20(19)31-2)8-11-21-25-23(28-27-21)26-22(29)12-9-16-14-24-18-6-4-3-5-17(16)18/h3-7,10,13-14,24H,8-9,11-12H2,1-2H3,(H2,25,26,27,28,29). The number of carbonyl (C=O) groups excluding carboxylic acids is 1. The van der Waals surface area contributed by atoms with Crippen molar-refractivity contribution in [2.75, 3.05) is 19.5 Å². The fourth-order valence-corrected chi connectivity index (χ4v) is 3.54. The Morgan fingerprint density at radius 2 is 1.87 bits per heavy atom. The van der Waals surface area contributed by atoms with Gasteiger partial charge in [0, 0.05) is 29.9 Å². The largest absolute Gasteiger partial charge is 0.493 e. The summed E-state index contributed by atoms with van der Waals surface area (Å²) in [5.41, 5.74) is 3.29. The Balaban J connectivity index is 1.29. The molecule has 2 heterocycles. The van der Waals surface area contributed by atoms with Gasteiger partial charge in [-0.25, -0.2) is 0 Å². The maximum Gasteiger partial charge on any atom is 0.248 e. The lowest BCUT2D eigenvalue weighted by Gasteiger charge is -2.09. The number of fused-ring (bicyclic) bond motifs is 1. The molecule has 0 saturated heterocycles. The highest BCUT2D eigenvalue weighted by Crippen LogP contribution is 2.28. The molecule has 0 bridgehead atoms. The molecule has 0 spiro atoms. The first-order chi connectivity index (χ1) is 15.2. The molecule has 0 radical (unpaired) electrons. The Hall–Kier alpha value is -3.81. The van der Waals surface area contributed by atoms with Crippen LogP contribution in [-0.4, -0.2) is 40.3 Å². The Morgan fingerprint density at radius 1 is 1.03 bits per heavy atom. The minimum Gasteiger partial charge on any atom is -0.493 e. The van der Waals surface area contributed by atoms with Crippen molar-refractivity contribution in [1.29, 1.82) is 0 Å². The first-order valence-electron chi connectivity index (χ1n) is 10.1. The number of aryl methyl sites for hydroxylation is 3. The second-order valence-electron chi connectivity index (χ2n) is 7.20. The summed E-state index contributed by atoms with van der Waals surface area (Å²) in [6, 6.07) is 13.9. The number of nitrogens with one attached hydrogen (secondary N) is 3. The third kappa shape index (κ3) is 4.85. The Morgan fingerprint density at radius 3 is 2.71 bits per heavy atom. The molecule has 0 aliphatic rings. The number of hydrogen-bond donors (Lipinski definition) is 3. The Kier molecular flexibility index (Phi) is 6.16. The van der Waals surface area contributed by atoms with E-state index in [9.17, 15) is 4.79 Å². The SMILES string of the molecule is COc1ccc(CCc2nc(NC(=O)CCc3c[nH]c4ccccc34)n[nH]2)cc1OC. The lowest BCUT2D eigenvalue weighted by Crippen LogP contribution is -2.13. The second-order valence-corrected chi connectivity index (χ2v) is 7.20. The van der Waals surface area contributed by atoms with Gasteiger partial charge in [-0.05, 0) is 42.2 Å². The molecular formula is C23H25N5O3. The quantitative estimate of drug-likeness (QED) is 0.384. The molecule has 0 aliphatic heterocycles. The molecule has 8 heteroatoms. The summed E-state index contributed by atoms with van der Waals surface area (Å²) in [5, 5.41) is 10.9. The highest BCUT2D eigenvalue weighted by Gasteiger charge is 2.11. The third-order valence-electron chi connectivity index (χ3n) is 5.18. The number of ether oxygens (including phenoxy) is 2. The number of hydrogen-bond acceptors (Lipinski definition) is 5. The smallest absolute Gasteiger partial charge is 0.248 e. The van der Waals surface area contributed by atoms with Gasteiger partial charge in [-0.15, -0.1) is 5.10 Å². The number of nitrogens with zero attached hydrogens (tertiary/aromatic N) is 2. The summed E-state index contributed by atoms with van der Waals surface area (Å²) < 4.78 is 10.6. The van der Waals surface area contributed by atoms with Crippen molar-refractivity contribution in [3.63, 3.8) is 0 Å². The van der Waals surface area contributed by atoms with E-state index in [-0.39, 0.29) is 5.91 Å². The van der Waals surface area contributed by atoms with E-state index in [1.165, 1.54) is 0 Å². The van der Waals surface area contributed by atoms with Crippen LogP contribution in [0.2, 0.25) is 0 Å². The van der Waals surface area contributed by atoms with Gasteiger partial charge in [0.05, 0.1) is 14.2 Å². The molecule has 0 saturated carbocycles. The van der Waals surface area contributed by atoms with Crippen LogP contribution in [0.15, 0.2) is 48.7 Å². The van der Waals surface area contributed by atoms with E-state index in [2.05, 4.69) is 31.5 Å². The predicted octanol–water partition coefficient (Wildman–Crippen LogP) is 3.66. The Bertz CT molecular complexity index is 1180. The van der Waals surface area contributed by atoms with Crippen molar-refractivity contribution in [2.45, 2.75) is 25.7 Å². The molecule has 160 valence electrons. The highest BCUT2D eigenvalue weighted by atomic mass is 16.5. The minimum atomic E-state index is -0.115. The van der Waals surface area contributed by atoms with Crippen LogP contribution in [0.5, 0.6) is 11.5 Å². The van der Waals surface area contributed by atoms with E-state index in [0.717, 1.165) is 28.5 Å². The monoisotopic (exact) mass is 419 g/mol. The first-order valence-corrected chi connectivity index (χ1v) is 10.1. The van der Waals surface area contributed by atoms with Crippen LogP contribution in [0, 0.1) is 0 Å². The maximum atomic E-state index is 12.3. The number of anilines is 1. The van der Waals surface area contributed by atoms with Gasteiger partial charge >= 0.3 is 0 Å². The van der Waals surface area contributed by atoms with Crippen LogP contribution >= 0.6 is 0 Å². The van der Waals surface area contributed by atoms with Crippen molar-refractivity contribution in [3.05, 3.63) is 65.6 Å². The number of carbonyl (C=O) groups is 1. The summed E-state index contributed by atoms with van der Waals surface area (Å²) in [5.74, 6) is 2.29. The Labute approximate surface area is 180 Å². The molecule has 1 amide bonds. The van der Waals surface area contributed by atoms with Gasteiger partial charge in [-0.1, -0.05) is 24.3 Å². The zero-order chi connectivity index (χ0) is 21.6. The fraction of sp³-hybridized carbons (Fsp3) is 0.261. The van der Waals surface area contributed by atoms with Gasteiger partial charge in [-0.2, -0.15) is 4.98 Å². The summed E-state index contributed by atoms with van der Waals surface area (Å²) >= 11 is 0. The average Bonchev–Trinajstić information content (AvgIpc) is 3.42. The summed E-state index contributed by atoms with van der Waals surface area (Å²) in [7, 11) is 3.23. The van der Waals surface area contributed by atoms with Crippen LogP contribution in [0.1, 0.15) is 23.4 Å². The lowest BCUT2D eigenvalue weighted by atomic mass is 10.1. The van der Waals surface area contributed by atoms with Crippen LogP contribution in [-0.2, 0) is 24.1 Å². The first kappa shape index (κ1) is 20.5. The molecule has 0 atom stereocenters. The molecule has 2 aromatic carbocycles. The number of H-pyrrole nitrogens is 2. The topological polar surface area (TPSA) is 105 Å². The van der Waals surface area contributed by atoms with Crippen molar-refractivity contribution in [3.8, 4) is 11.5 Å². The second kappa shape index (κ2) is 9.34. The number of aromatic nitrogens is 4. The molecule has 0 unspecified atom stereocenters. The van der Waals surface area contributed by atoms with Gasteiger partial charge in [0.15, 0.2) is 11.5 Å². The molecule has 4 aromatic rings. The van der Waals surface area contributed by atoms with Gasteiger partial charge < -0.3 is 14.5 Å². The third-order valence-corrected chi connectivity index (χ3v) is 5.18.